The molecule has 0 aliphatic carbocycles. The number of hydrogen-bond donors (Lipinski definition) is 0. The molecule has 0 aliphatic rings. The minimum Gasteiger partial charge on any atom is -0.455 e. The zero-order valence-electron chi connectivity index (χ0n) is 31.3. The highest BCUT2D eigenvalue weighted by Crippen LogP contribution is 2.49. The van der Waals surface area contributed by atoms with Crippen molar-refractivity contribution in [3.8, 4) is 33.4 Å². The lowest BCUT2D eigenvalue weighted by atomic mass is 9.85. The SMILES string of the molecule is c1ccc2cc(-c3c4ccccc4c(-c4ccc5cc(-c6ccc7sc8c(c7c6)c6ccccc6c6oc7ccccc7c68)ccc5c4)c4ccccc34)ccc2c1. The summed E-state index contributed by atoms with van der Waals surface area (Å²) in [4.78, 5) is 0. The second-order valence-corrected chi connectivity index (χ2v) is 16.6. The first-order valence-electron chi connectivity index (χ1n) is 19.9. The Morgan fingerprint density at radius 1 is 0.310 bits per heavy atom. The van der Waals surface area contributed by atoms with Gasteiger partial charge in [0.2, 0.25) is 0 Å². The molecule has 0 N–H and O–H groups in total. The Morgan fingerprint density at radius 3 is 1.45 bits per heavy atom. The zero-order chi connectivity index (χ0) is 37.9. The Hall–Kier alpha value is -7.26. The highest BCUT2D eigenvalue weighted by Gasteiger charge is 2.20. The fraction of sp³-hybridized carbons (Fsp3) is 0. The quantitative estimate of drug-likeness (QED) is 0.164. The topological polar surface area (TPSA) is 13.1 Å². The highest BCUT2D eigenvalue weighted by molar-refractivity contribution is 7.27. The van der Waals surface area contributed by atoms with Crippen molar-refractivity contribution in [2.24, 2.45) is 0 Å². The normalized spacial score (nSPS) is 12.1. The van der Waals surface area contributed by atoms with Gasteiger partial charge in [-0.05, 0) is 118 Å². The molecule has 13 aromatic rings. The summed E-state index contributed by atoms with van der Waals surface area (Å²) < 4.78 is 9.11. The fourth-order valence-corrected chi connectivity index (χ4v) is 11.0. The smallest absolute Gasteiger partial charge is 0.144 e. The van der Waals surface area contributed by atoms with E-state index in [1.165, 1.54) is 113 Å². The van der Waals surface area contributed by atoms with Gasteiger partial charge in [-0.1, -0.05) is 158 Å². The third-order valence-electron chi connectivity index (χ3n) is 12.4. The summed E-state index contributed by atoms with van der Waals surface area (Å²) >= 11 is 1.87. The molecule has 0 amide bonds. The molecule has 11 aromatic carbocycles. The first-order chi connectivity index (χ1) is 28.7. The van der Waals surface area contributed by atoms with Gasteiger partial charge in [0.05, 0.1) is 0 Å². The zero-order valence-corrected chi connectivity index (χ0v) is 32.1. The molecule has 0 radical (unpaired) electrons. The Balaban J connectivity index is 0.965. The Morgan fingerprint density at radius 2 is 0.776 bits per heavy atom. The van der Waals surface area contributed by atoms with Crippen LogP contribution in [0.2, 0.25) is 0 Å². The van der Waals surface area contributed by atoms with Gasteiger partial charge in [0.1, 0.15) is 11.2 Å². The molecule has 2 heterocycles. The van der Waals surface area contributed by atoms with Crippen molar-refractivity contribution in [2.75, 3.05) is 0 Å². The Labute approximate surface area is 337 Å². The second-order valence-electron chi connectivity index (χ2n) is 15.5. The molecule has 268 valence electrons. The van der Waals surface area contributed by atoms with E-state index in [0.717, 1.165) is 16.6 Å². The van der Waals surface area contributed by atoms with Crippen LogP contribution in [0.1, 0.15) is 0 Å². The second kappa shape index (κ2) is 12.1. The van der Waals surface area contributed by atoms with Crippen molar-refractivity contribution in [3.05, 3.63) is 194 Å². The monoisotopic (exact) mass is 752 g/mol. The van der Waals surface area contributed by atoms with E-state index in [1.54, 1.807) is 0 Å². The molecule has 0 saturated heterocycles. The third kappa shape index (κ3) is 4.58. The van der Waals surface area contributed by atoms with E-state index in [0.29, 0.717) is 0 Å². The maximum atomic E-state index is 6.53. The third-order valence-corrected chi connectivity index (χ3v) is 13.6. The summed E-state index contributed by atoms with van der Waals surface area (Å²) in [6.45, 7) is 0. The maximum Gasteiger partial charge on any atom is 0.144 e. The van der Waals surface area contributed by atoms with Gasteiger partial charge in [-0.15, -0.1) is 11.3 Å². The van der Waals surface area contributed by atoms with Gasteiger partial charge >= 0.3 is 0 Å². The van der Waals surface area contributed by atoms with Crippen LogP contribution in [0.4, 0.5) is 0 Å². The van der Waals surface area contributed by atoms with Crippen LogP contribution in [0.3, 0.4) is 0 Å². The summed E-state index contributed by atoms with van der Waals surface area (Å²) in [5.74, 6) is 0. The summed E-state index contributed by atoms with van der Waals surface area (Å²) in [6, 6.07) is 71.5. The van der Waals surface area contributed by atoms with Crippen molar-refractivity contribution >= 4 is 107 Å². The van der Waals surface area contributed by atoms with Gasteiger partial charge in [-0.3, -0.25) is 0 Å². The van der Waals surface area contributed by atoms with E-state index < -0.39 is 0 Å². The van der Waals surface area contributed by atoms with Crippen LogP contribution in [-0.4, -0.2) is 0 Å². The van der Waals surface area contributed by atoms with Crippen LogP contribution in [0.15, 0.2) is 199 Å². The van der Waals surface area contributed by atoms with Gasteiger partial charge < -0.3 is 4.42 Å². The number of furan rings is 1. The van der Waals surface area contributed by atoms with Gasteiger partial charge in [-0.2, -0.15) is 0 Å². The van der Waals surface area contributed by atoms with E-state index in [-0.39, 0.29) is 0 Å². The fourth-order valence-electron chi connectivity index (χ4n) is 9.76. The van der Waals surface area contributed by atoms with Crippen molar-refractivity contribution in [2.45, 2.75) is 0 Å². The average Bonchev–Trinajstić information content (AvgIpc) is 3.87. The standard InChI is InChI=1S/C56H32OS/c1-2-12-34-30-39(25-21-33(34)11-1)51-41-13-3-5-15-43(41)52(44-16-6-4-14-42(44)51)40-26-24-35-29-36(22-23-37(35)31-40)38-27-28-50-48(32-38)53-45-17-7-8-18-46(45)55-54(56(53)58-50)47-19-9-10-20-49(47)57-55/h1-32H. The molecule has 0 aliphatic heterocycles. The molecule has 0 bridgehead atoms. The number of para-hydroxylation sites is 1. The molecular formula is C56H32OS. The molecule has 0 atom stereocenters. The van der Waals surface area contributed by atoms with Crippen LogP contribution < -0.4 is 0 Å². The van der Waals surface area contributed by atoms with Crippen molar-refractivity contribution in [1.29, 1.82) is 0 Å². The maximum absolute atomic E-state index is 6.53. The summed E-state index contributed by atoms with van der Waals surface area (Å²) in [7, 11) is 0. The lowest BCUT2D eigenvalue weighted by molar-refractivity contribution is 0.673. The van der Waals surface area contributed by atoms with E-state index >= 15 is 0 Å². The van der Waals surface area contributed by atoms with E-state index in [1.807, 2.05) is 11.3 Å². The summed E-state index contributed by atoms with van der Waals surface area (Å²) in [5.41, 5.74) is 9.40. The predicted molar refractivity (Wildman–Crippen MR) is 250 cm³/mol. The number of rotatable bonds is 3. The minimum absolute atomic E-state index is 0.937. The van der Waals surface area contributed by atoms with E-state index in [2.05, 4.69) is 194 Å². The van der Waals surface area contributed by atoms with Gasteiger partial charge in [0.15, 0.2) is 0 Å². The van der Waals surface area contributed by atoms with Crippen LogP contribution >= 0.6 is 11.3 Å². The molecule has 2 heteroatoms. The van der Waals surface area contributed by atoms with Crippen molar-refractivity contribution in [3.63, 3.8) is 0 Å². The molecule has 13 rings (SSSR count). The molecule has 58 heavy (non-hydrogen) atoms. The van der Waals surface area contributed by atoms with Crippen LogP contribution in [0, 0.1) is 0 Å². The molecule has 1 nitrogen and oxygen atoms in total. The summed E-state index contributed by atoms with van der Waals surface area (Å²) in [5, 5.41) is 17.5. The predicted octanol–water partition coefficient (Wildman–Crippen LogP) is 16.7. The summed E-state index contributed by atoms with van der Waals surface area (Å²) in [6.07, 6.45) is 0. The lowest BCUT2D eigenvalue weighted by Crippen LogP contribution is -1.91. The van der Waals surface area contributed by atoms with Crippen molar-refractivity contribution < 1.29 is 4.42 Å². The molecular weight excluding hydrogens is 721 g/mol. The molecule has 0 spiro atoms. The number of hydrogen-bond acceptors (Lipinski definition) is 2. The molecule has 0 fully saturated rings. The Bertz CT molecular complexity index is 3810. The first-order valence-corrected chi connectivity index (χ1v) is 20.7. The Kier molecular flexibility index (Phi) is 6.66. The minimum atomic E-state index is 0.937. The number of fused-ring (bicyclic) bond motifs is 14. The molecule has 0 unspecified atom stereocenters. The van der Waals surface area contributed by atoms with Crippen LogP contribution in [0.5, 0.6) is 0 Å². The van der Waals surface area contributed by atoms with Gasteiger partial charge in [-0.25, -0.2) is 0 Å². The number of thiophene rings is 1. The molecule has 0 saturated carbocycles. The van der Waals surface area contributed by atoms with Crippen LogP contribution in [-0.2, 0) is 0 Å². The lowest BCUT2D eigenvalue weighted by Gasteiger charge is -2.18. The molecule has 2 aromatic heterocycles. The first kappa shape index (κ1) is 31.9. The largest absolute Gasteiger partial charge is 0.455 e. The van der Waals surface area contributed by atoms with E-state index in [4.69, 9.17) is 4.42 Å². The average molecular weight is 753 g/mol. The highest BCUT2D eigenvalue weighted by atomic mass is 32.1. The van der Waals surface area contributed by atoms with Crippen LogP contribution in [0.25, 0.3) is 129 Å². The van der Waals surface area contributed by atoms with Gasteiger partial charge in [0.25, 0.3) is 0 Å². The van der Waals surface area contributed by atoms with Gasteiger partial charge in [0, 0.05) is 36.3 Å². The van der Waals surface area contributed by atoms with E-state index in [9.17, 15) is 0 Å². The number of benzene rings is 11. The van der Waals surface area contributed by atoms with Crippen molar-refractivity contribution in [1.82, 2.24) is 0 Å².